The molecule has 0 saturated carbocycles. The Morgan fingerprint density at radius 1 is 1.16 bits per heavy atom. The van der Waals surface area contributed by atoms with E-state index in [0.717, 1.165) is 13.0 Å². The third-order valence-electron chi connectivity index (χ3n) is 7.97. The minimum atomic E-state index is -4.44. The maximum Gasteiger partial charge on any atom is 0.366 e. The first-order chi connectivity index (χ1) is 21.2. The van der Waals surface area contributed by atoms with Gasteiger partial charge in [0.05, 0.1) is 42.6 Å². The number of rotatable bonds is 10. The predicted octanol–water partition coefficient (Wildman–Crippen LogP) is 2.83. The number of aromatic nitrogens is 4. The lowest BCUT2D eigenvalue weighted by Crippen LogP contribution is -2.56. The van der Waals surface area contributed by atoms with Crippen molar-refractivity contribution in [3.63, 3.8) is 0 Å². The van der Waals surface area contributed by atoms with Crippen molar-refractivity contribution in [2.75, 3.05) is 33.2 Å². The summed E-state index contributed by atoms with van der Waals surface area (Å²) in [6, 6.07) is 6.59. The van der Waals surface area contributed by atoms with E-state index in [9.17, 15) is 21.6 Å². The Balaban J connectivity index is 1.52. The van der Waals surface area contributed by atoms with Crippen LogP contribution in [0.5, 0.6) is 11.5 Å². The molecule has 1 saturated heterocycles. The van der Waals surface area contributed by atoms with E-state index < -0.39 is 37.9 Å². The average molecular weight is 680 g/mol. The van der Waals surface area contributed by atoms with Crippen LogP contribution in [0.25, 0.3) is 22.2 Å². The number of H-pyrrole nitrogens is 1. The van der Waals surface area contributed by atoms with Crippen LogP contribution in [0.2, 0.25) is 5.15 Å². The van der Waals surface area contributed by atoms with Crippen molar-refractivity contribution in [3.05, 3.63) is 59.1 Å². The highest BCUT2D eigenvalue weighted by Crippen LogP contribution is 2.44. The molecular weight excluding hydrogens is 650 g/mol. The van der Waals surface area contributed by atoms with Crippen LogP contribution < -0.4 is 9.47 Å². The molecule has 2 atom stereocenters. The second-order valence-corrected chi connectivity index (χ2v) is 14.7. The third-order valence-corrected chi connectivity index (χ3v) is 9.33. The van der Waals surface area contributed by atoms with Gasteiger partial charge in [-0.3, -0.25) is 14.9 Å². The molecule has 6 rings (SSSR count). The molecule has 0 bridgehead atoms. The summed E-state index contributed by atoms with van der Waals surface area (Å²) in [7, 11) is -5.42. The monoisotopic (exact) mass is 679 g/mol. The van der Waals surface area contributed by atoms with Crippen molar-refractivity contribution >= 4 is 48.5 Å². The summed E-state index contributed by atoms with van der Waals surface area (Å²) >= 11 is 6.28. The normalized spacial score (nSPS) is 19.9. The van der Waals surface area contributed by atoms with Crippen molar-refractivity contribution in [2.24, 2.45) is 5.92 Å². The summed E-state index contributed by atoms with van der Waals surface area (Å²) in [5.41, 5.74) is 2.32. The Hall–Kier alpha value is -3.54. The molecular formula is C28H30ClN5O9S2. The van der Waals surface area contributed by atoms with Gasteiger partial charge in [0.25, 0.3) is 20.2 Å². The van der Waals surface area contributed by atoms with Crippen molar-refractivity contribution in [1.29, 1.82) is 0 Å². The number of hydrogen-bond acceptors (Lipinski definition) is 12. The molecule has 1 fully saturated rings. The van der Waals surface area contributed by atoms with Gasteiger partial charge in [0.15, 0.2) is 5.78 Å². The van der Waals surface area contributed by atoms with Crippen LogP contribution in [0, 0.1) is 5.92 Å². The largest absolute Gasteiger partial charge is 0.497 e. The number of likely N-dealkylation sites (N-methyl/N-ethyl adjacent to an activating group) is 1. The summed E-state index contributed by atoms with van der Waals surface area (Å²) in [6.07, 6.45) is 6.87. The van der Waals surface area contributed by atoms with Gasteiger partial charge in [-0.1, -0.05) is 11.6 Å². The minimum absolute atomic E-state index is 0.0610. The molecule has 2 aliphatic heterocycles. The minimum Gasteiger partial charge on any atom is -0.497 e. The molecule has 4 aromatic rings. The predicted molar refractivity (Wildman–Crippen MR) is 163 cm³/mol. The number of likely N-dealkylation sites (tertiary alicyclic amines) is 1. The van der Waals surface area contributed by atoms with Crippen molar-refractivity contribution in [2.45, 2.75) is 31.4 Å². The highest BCUT2D eigenvalue weighted by Gasteiger charge is 2.57. The molecule has 3 aromatic heterocycles. The van der Waals surface area contributed by atoms with E-state index in [1.54, 1.807) is 24.5 Å². The Labute approximate surface area is 264 Å². The molecule has 0 unspecified atom stereocenters. The van der Waals surface area contributed by atoms with Crippen molar-refractivity contribution in [1.82, 2.24) is 24.6 Å². The summed E-state index contributed by atoms with van der Waals surface area (Å²) in [6.45, 7) is 1.47. The first kappa shape index (κ1) is 31.4. The van der Waals surface area contributed by atoms with Gasteiger partial charge in [0.1, 0.15) is 22.6 Å². The lowest BCUT2D eigenvalue weighted by Gasteiger charge is -2.40. The number of ether oxygens (including phenoxy) is 2. The quantitative estimate of drug-likeness (QED) is 0.148. The van der Waals surface area contributed by atoms with E-state index in [1.807, 2.05) is 11.6 Å². The molecule has 0 spiro atoms. The Morgan fingerprint density at radius 3 is 2.47 bits per heavy atom. The van der Waals surface area contributed by atoms with Crippen molar-refractivity contribution < 1.29 is 39.5 Å². The van der Waals surface area contributed by atoms with E-state index in [-0.39, 0.29) is 23.8 Å². The maximum absolute atomic E-state index is 14.6. The van der Waals surface area contributed by atoms with Gasteiger partial charge in [0.2, 0.25) is 0 Å². The average Bonchev–Trinajstić information content (AvgIpc) is 3.55. The molecule has 2 aliphatic rings. The number of ketones is 1. The van der Waals surface area contributed by atoms with E-state index in [0.29, 0.717) is 57.7 Å². The zero-order chi connectivity index (χ0) is 32.3. The molecule has 45 heavy (non-hydrogen) atoms. The lowest BCUT2D eigenvalue weighted by atomic mass is 9.87. The van der Waals surface area contributed by atoms with Crippen molar-refractivity contribution in [3.8, 4) is 22.8 Å². The number of fused-ring (bicyclic) bond motifs is 2. The number of carbonyl (C=O) groups excluding carboxylic acids is 1. The number of carbonyl (C=O) groups is 1. The summed E-state index contributed by atoms with van der Waals surface area (Å²) in [4.78, 5) is 21.3. The van der Waals surface area contributed by atoms with Crippen LogP contribution >= 0.6 is 11.6 Å². The van der Waals surface area contributed by atoms with E-state index in [2.05, 4.69) is 20.1 Å². The molecule has 14 nitrogen and oxygen atoms in total. The fraction of sp³-hybridized carbons (Fsp3) is 0.393. The fourth-order valence-electron chi connectivity index (χ4n) is 5.69. The van der Waals surface area contributed by atoms with Gasteiger partial charge in [-0.25, -0.2) is 0 Å². The van der Waals surface area contributed by atoms with Crippen LogP contribution in [0.15, 0.2) is 42.9 Å². The number of methoxy groups -OCH3 is 1. The van der Waals surface area contributed by atoms with Crippen LogP contribution in [-0.2, 0) is 41.6 Å². The molecule has 5 heterocycles. The smallest absolute Gasteiger partial charge is 0.366 e. The molecule has 1 aromatic carbocycles. The summed E-state index contributed by atoms with van der Waals surface area (Å²) in [5.74, 6) is -4.65. The van der Waals surface area contributed by atoms with E-state index >= 15 is 0 Å². The topological polar surface area (TPSA) is 172 Å². The van der Waals surface area contributed by atoms with E-state index in [1.165, 1.54) is 25.4 Å². The third kappa shape index (κ3) is 6.17. The van der Waals surface area contributed by atoms with Crippen LogP contribution in [0.3, 0.4) is 0 Å². The van der Waals surface area contributed by atoms with Gasteiger partial charge in [0, 0.05) is 35.9 Å². The highest BCUT2D eigenvalue weighted by molar-refractivity contribution is 7.86. The first-order valence-electron chi connectivity index (χ1n) is 13.8. The molecule has 240 valence electrons. The van der Waals surface area contributed by atoms with Gasteiger partial charge < -0.3 is 18.9 Å². The van der Waals surface area contributed by atoms with Gasteiger partial charge in [-0.05, 0) is 56.3 Å². The number of pyridine rings is 1. The Bertz CT molecular complexity index is 1990. The summed E-state index contributed by atoms with van der Waals surface area (Å²) < 4.78 is 73.8. The number of Topliss-reactive ketones (excluding diaryl/α,β-unsaturated/α-hetero) is 1. The van der Waals surface area contributed by atoms with Crippen LogP contribution in [0.4, 0.5) is 0 Å². The SMILES string of the molecule is COc1ccc2c(c1)C[C@@H](C(=O)c1cn(C[C@@H]3CCN3C)c3cc(-c4cn[nH]c4Cl)ncc13)C(OS(C)(=O)=O)(OS(C)(=O)=O)O2. The zero-order valence-corrected chi connectivity index (χ0v) is 27.1. The number of nitrogens with one attached hydrogen (secondary N) is 1. The number of halogens is 1. The first-order valence-corrected chi connectivity index (χ1v) is 17.8. The second-order valence-electron chi connectivity index (χ2n) is 11.2. The van der Waals surface area contributed by atoms with Crippen LogP contribution in [0.1, 0.15) is 22.3 Å². The maximum atomic E-state index is 14.6. The zero-order valence-electron chi connectivity index (χ0n) is 24.7. The second kappa shape index (κ2) is 11.4. The molecule has 0 aliphatic carbocycles. The van der Waals surface area contributed by atoms with Gasteiger partial charge in [-0.15, -0.1) is 0 Å². The number of nitrogens with zero attached hydrogens (tertiary/aromatic N) is 4. The molecule has 0 radical (unpaired) electrons. The number of hydrogen-bond donors (Lipinski definition) is 1. The molecule has 0 amide bonds. The number of aromatic amines is 1. The Morgan fingerprint density at radius 2 is 1.89 bits per heavy atom. The lowest BCUT2D eigenvalue weighted by molar-refractivity contribution is -0.275. The van der Waals surface area contributed by atoms with E-state index in [4.69, 9.17) is 29.4 Å². The number of benzene rings is 1. The Kier molecular flexibility index (Phi) is 7.94. The molecule has 1 N–H and O–H groups in total. The summed E-state index contributed by atoms with van der Waals surface area (Å²) in [5, 5.41) is 7.38. The molecule has 17 heteroatoms. The highest BCUT2D eigenvalue weighted by atomic mass is 35.5. The fourth-order valence-corrected chi connectivity index (χ4v) is 7.14. The van der Waals surface area contributed by atoms with Gasteiger partial charge in [-0.2, -0.15) is 30.3 Å². The standard InChI is InChI=1S/C28H30ClN5O9S2/c1-33-8-7-17(33)14-34-15-21(19-12-30-23(11-24(19)34)20-13-31-32-27(20)29)26(35)22-10-16-9-18(40-2)5-6-25(16)41-28(22,42-44(3,36)37)43-45(4,38)39/h5-6,9,11-13,15,17,22H,7-8,10,14H2,1-4H3,(H,31,32)/t17-,22-/m0/s1. The van der Waals surface area contributed by atoms with Gasteiger partial charge >= 0.3 is 5.97 Å². The van der Waals surface area contributed by atoms with Crippen LogP contribution in [-0.4, -0.2) is 92.5 Å².